The van der Waals surface area contributed by atoms with Gasteiger partial charge in [0.1, 0.15) is 11.6 Å². The Hall–Kier alpha value is -2.41. The molecule has 0 aliphatic carbocycles. The summed E-state index contributed by atoms with van der Waals surface area (Å²) in [6, 6.07) is 4.48. The Kier molecular flexibility index (Phi) is 3.48. The Labute approximate surface area is 146 Å². The largest absolute Gasteiger partial charge is 0.477 e. The first kappa shape index (κ1) is 14.9. The van der Waals surface area contributed by atoms with Crippen molar-refractivity contribution in [2.75, 3.05) is 30.5 Å². The minimum absolute atomic E-state index is 0.400. The Morgan fingerprint density at radius 1 is 1.12 bits per heavy atom. The highest BCUT2D eigenvalue weighted by atomic mass is 16.5. The lowest BCUT2D eigenvalue weighted by Crippen LogP contribution is -2.47. The summed E-state index contributed by atoms with van der Waals surface area (Å²) < 4.78 is 11.6. The predicted molar refractivity (Wildman–Crippen MR) is 93.6 cm³/mol. The van der Waals surface area contributed by atoms with Gasteiger partial charge in [0.05, 0.1) is 37.5 Å². The molecule has 2 atom stereocenters. The van der Waals surface area contributed by atoms with Crippen molar-refractivity contribution in [1.29, 1.82) is 0 Å². The van der Waals surface area contributed by atoms with Crippen molar-refractivity contribution in [2.45, 2.75) is 37.8 Å². The molecule has 3 aliphatic heterocycles. The minimum Gasteiger partial charge on any atom is -0.477 e. The van der Waals surface area contributed by atoms with Gasteiger partial charge in [0.25, 0.3) is 0 Å². The van der Waals surface area contributed by atoms with Gasteiger partial charge in [0.2, 0.25) is 5.88 Å². The number of hydrogen-bond acceptors (Lipinski definition) is 7. The van der Waals surface area contributed by atoms with Crippen LogP contribution in [0.4, 0.5) is 11.6 Å². The molecule has 0 spiro atoms. The van der Waals surface area contributed by atoms with E-state index in [0.717, 1.165) is 55.8 Å². The number of pyridine rings is 1. The lowest BCUT2D eigenvalue weighted by molar-refractivity contribution is 0.0900. The van der Waals surface area contributed by atoms with E-state index in [4.69, 9.17) is 20.2 Å². The Morgan fingerprint density at radius 3 is 2.72 bits per heavy atom. The summed E-state index contributed by atoms with van der Waals surface area (Å²) in [6.45, 7) is 2.25. The van der Waals surface area contributed by atoms with Crippen LogP contribution in [0.3, 0.4) is 0 Å². The van der Waals surface area contributed by atoms with Gasteiger partial charge in [0.15, 0.2) is 5.82 Å². The van der Waals surface area contributed by atoms with E-state index < -0.39 is 0 Å². The molecule has 3 aliphatic rings. The molecule has 5 rings (SSSR count). The van der Waals surface area contributed by atoms with Gasteiger partial charge in [0, 0.05) is 11.8 Å². The van der Waals surface area contributed by atoms with Crippen molar-refractivity contribution >= 4 is 11.6 Å². The fourth-order valence-electron chi connectivity index (χ4n) is 4.06. The topological polar surface area (TPSA) is 86.4 Å². The van der Waals surface area contributed by atoms with Gasteiger partial charge < -0.3 is 20.1 Å². The zero-order chi connectivity index (χ0) is 16.8. The molecule has 0 saturated carbocycles. The quantitative estimate of drug-likeness (QED) is 0.893. The maximum atomic E-state index is 5.88. The number of anilines is 2. The van der Waals surface area contributed by atoms with Crippen LogP contribution in [0.25, 0.3) is 11.4 Å². The van der Waals surface area contributed by atoms with Gasteiger partial charge in [-0.2, -0.15) is 4.98 Å². The van der Waals surface area contributed by atoms with Crippen LogP contribution < -0.4 is 15.4 Å². The van der Waals surface area contributed by atoms with Gasteiger partial charge in [-0.15, -0.1) is 0 Å². The minimum atomic E-state index is 0.400. The highest BCUT2D eigenvalue weighted by Crippen LogP contribution is 2.39. The van der Waals surface area contributed by atoms with Crippen LogP contribution in [0.2, 0.25) is 0 Å². The number of aromatic nitrogens is 3. The third-order valence-corrected chi connectivity index (χ3v) is 5.29. The molecule has 5 heterocycles. The van der Waals surface area contributed by atoms with Gasteiger partial charge in [-0.05, 0) is 37.8 Å². The summed E-state index contributed by atoms with van der Waals surface area (Å²) in [6.07, 6.45) is 6.00. The molecule has 2 unspecified atom stereocenters. The zero-order valence-corrected chi connectivity index (χ0v) is 14.0. The summed E-state index contributed by atoms with van der Waals surface area (Å²) >= 11 is 0. The molecule has 2 N–H and O–H groups in total. The summed E-state index contributed by atoms with van der Waals surface area (Å²) in [5.41, 5.74) is 7.70. The lowest BCUT2D eigenvalue weighted by atomic mass is 10.1. The van der Waals surface area contributed by atoms with Crippen LogP contribution in [-0.2, 0) is 11.2 Å². The molecule has 7 heteroatoms. The monoisotopic (exact) mass is 339 g/mol. The summed E-state index contributed by atoms with van der Waals surface area (Å²) in [4.78, 5) is 16.2. The van der Waals surface area contributed by atoms with Crippen molar-refractivity contribution in [3.05, 3.63) is 23.9 Å². The number of rotatable bonds is 2. The van der Waals surface area contributed by atoms with Crippen LogP contribution in [-0.4, -0.2) is 46.9 Å². The summed E-state index contributed by atoms with van der Waals surface area (Å²) in [5.74, 6) is 2.87. The summed E-state index contributed by atoms with van der Waals surface area (Å²) in [5, 5.41) is 0. The van der Waals surface area contributed by atoms with E-state index in [1.165, 1.54) is 0 Å². The molecular formula is C18H21N5O2. The standard InChI is InChI=1S/C18H21N5O2/c19-15-6-3-11(8-20-15)16-21-17(14-2-1-7-25-18(14)22-16)23-12-4-5-13(23)10-24-9-12/h3,6,8,12-13H,1-2,4-5,7,9-10H2,(H2,19,20). The molecular weight excluding hydrogens is 318 g/mol. The van der Waals surface area contributed by atoms with Crippen molar-refractivity contribution in [1.82, 2.24) is 15.0 Å². The van der Waals surface area contributed by atoms with Gasteiger partial charge >= 0.3 is 0 Å². The molecule has 7 nitrogen and oxygen atoms in total. The average molecular weight is 339 g/mol. The van der Waals surface area contributed by atoms with Crippen LogP contribution in [0.1, 0.15) is 24.8 Å². The van der Waals surface area contributed by atoms with E-state index in [-0.39, 0.29) is 0 Å². The normalized spacial score (nSPS) is 24.7. The SMILES string of the molecule is Nc1ccc(-c2nc3c(c(N4C5CCC4COC5)n2)CCCO3)cn1. The number of ether oxygens (including phenoxy) is 2. The average Bonchev–Trinajstić information content (AvgIpc) is 2.89. The zero-order valence-electron chi connectivity index (χ0n) is 14.0. The van der Waals surface area contributed by atoms with E-state index in [1.807, 2.05) is 6.07 Å². The number of morpholine rings is 1. The first-order valence-electron chi connectivity index (χ1n) is 8.91. The molecule has 130 valence electrons. The second-order valence-electron chi connectivity index (χ2n) is 6.91. The Morgan fingerprint density at radius 2 is 1.96 bits per heavy atom. The van der Waals surface area contributed by atoms with Crippen molar-refractivity contribution in [2.24, 2.45) is 0 Å². The van der Waals surface area contributed by atoms with Crippen LogP contribution >= 0.6 is 0 Å². The number of nitrogens with two attached hydrogens (primary N) is 1. The molecule has 2 aromatic heterocycles. The Bertz CT molecular complexity index is 779. The first-order valence-corrected chi connectivity index (χ1v) is 8.91. The third-order valence-electron chi connectivity index (χ3n) is 5.29. The second-order valence-corrected chi connectivity index (χ2v) is 6.91. The molecule has 2 aromatic rings. The van der Waals surface area contributed by atoms with Crippen LogP contribution in [0, 0.1) is 0 Å². The number of hydrogen-bond donors (Lipinski definition) is 1. The summed E-state index contributed by atoms with van der Waals surface area (Å²) in [7, 11) is 0. The van der Waals surface area contributed by atoms with E-state index in [0.29, 0.717) is 36.2 Å². The highest BCUT2D eigenvalue weighted by Gasteiger charge is 2.40. The molecule has 0 radical (unpaired) electrons. The molecule has 2 bridgehead atoms. The molecule has 0 amide bonds. The number of nitrogen functional groups attached to an aromatic ring is 1. The van der Waals surface area contributed by atoms with E-state index in [1.54, 1.807) is 12.3 Å². The van der Waals surface area contributed by atoms with Crippen LogP contribution in [0.5, 0.6) is 5.88 Å². The fourth-order valence-corrected chi connectivity index (χ4v) is 4.06. The fraction of sp³-hybridized carbons (Fsp3) is 0.500. The van der Waals surface area contributed by atoms with E-state index >= 15 is 0 Å². The Balaban J connectivity index is 1.64. The molecule has 0 aromatic carbocycles. The van der Waals surface area contributed by atoms with Gasteiger partial charge in [-0.25, -0.2) is 9.97 Å². The van der Waals surface area contributed by atoms with E-state index in [9.17, 15) is 0 Å². The van der Waals surface area contributed by atoms with Crippen molar-refractivity contribution < 1.29 is 9.47 Å². The predicted octanol–water partition coefficient (Wildman–Crippen LogP) is 1.81. The number of nitrogens with zero attached hydrogens (tertiary/aromatic N) is 4. The van der Waals surface area contributed by atoms with Crippen molar-refractivity contribution in [3.63, 3.8) is 0 Å². The molecule has 25 heavy (non-hydrogen) atoms. The van der Waals surface area contributed by atoms with E-state index in [2.05, 4.69) is 14.9 Å². The lowest BCUT2D eigenvalue weighted by Gasteiger charge is -2.37. The third kappa shape index (κ3) is 2.50. The molecule has 2 saturated heterocycles. The maximum absolute atomic E-state index is 5.88. The highest BCUT2D eigenvalue weighted by molar-refractivity contribution is 5.63. The van der Waals surface area contributed by atoms with Crippen molar-refractivity contribution in [3.8, 4) is 17.3 Å². The van der Waals surface area contributed by atoms with Crippen LogP contribution in [0.15, 0.2) is 18.3 Å². The van der Waals surface area contributed by atoms with Gasteiger partial charge in [-0.3, -0.25) is 0 Å². The maximum Gasteiger partial charge on any atom is 0.222 e. The first-order chi connectivity index (χ1) is 12.3. The second kappa shape index (κ2) is 5.84. The van der Waals surface area contributed by atoms with Gasteiger partial charge in [-0.1, -0.05) is 0 Å². The smallest absolute Gasteiger partial charge is 0.222 e. The number of fused-ring (bicyclic) bond motifs is 3. The molecule has 2 fully saturated rings.